The molecule has 3 rings (SSSR count). The number of hydrogen-bond donors (Lipinski definition) is 0. The van der Waals surface area contributed by atoms with Gasteiger partial charge in [0.2, 0.25) is 0 Å². The molecule has 2 aromatic heterocycles. The van der Waals surface area contributed by atoms with Gasteiger partial charge in [-0.25, -0.2) is 4.98 Å². The first-order valence-corrected chi connectivity index (χ1v) is 7.40. The topological polar surface area (TPSA) is 29.0 Å². The molecule has 0 aliphatic carbocycles. The van der Waals surface area contributed by atoms with E-state index in [9.17, 15) is 0 Å². The number of aromatic nitrogens is 2. The number of anilines is 2. The maximum atomic E-state index is 4.78. The fourth-order valence-corrected chi connectivity index (χ4v) is 2.41. The number of pyridine rings is 2. The zero-order valence-corrected chi connectivity index (χ0v) is 15.4. The Bertz CT molecular complexity index is 730. The Labute approximate surface area is 151 Å². The maximum absolute atomic E-state index is 4.78. The molecule has 2 heterocycles. The summed E-state index contributed by atoms with van der Waals surface area (Å²) in [5.74, 6) is 0.903. The largest absolute Gasteiger partial charge is 0.348 e. The fraction of sp³-hybridized carbons (Fsp3) is 0.158. The molecular formula is C19H18N3Pt-. The van der Waals surface area contributed by atoms with Crippen LogP contribution >= 0.6 is 0 Å². The smallest absolute Gasteiger partial charge is 0.132 e. The normalized spacial score (nSPS) is 10.2. The average Bonchev–Trinajstić information content (AvgIpc) is 2.57. The maximum Gasteiger partial charge on any atom is 0.132 e. The molecule has 0 amide bonds. The number of nitrogens with zero attached hydrogens (tertiary/aromatic N) is 3. The third-order valence-corrected chi connectivity index (χ3v) is 3.38. The second-order valence-electron chi connectivity index (χ2n) is 5.31. The minimum absolute atomic E-state index is 0. The monoisotopic (exact) mass is 483 g/mol. The summed E-state index contributed by atoms with van der Waals surface area (Å²) in [5, 5.41) is 0. The Balaban J connectivity index is 0.00000192. The van der Waals surface area contributed by atoms with Crippen molar-refractivity contribution >= 4 is 11.5 Å². The van der Waals surface area contributed by atoms with E-state index in [1.54, 1.807) is 6.20 Å². The van der Waals surface area contributed by atoms with E-state index in [-0.39, 0.29) is 27.1 Å². The van der Waals surface area contributed by atoms with Crippen LogP contribution < -0.4 is 4.90 Å². The van der Waals surface area contributed by atoms with Gasteiger partial charge in [-0.2, -0.15) is 24.3 Å². The summed E-state index contributed by atoms with van der Waals surface area (Å²) in [6, 6.07) is 23.4. The molecule has 120 valence electrons. The van der Waals surface area contributed by atoms with Crippen LogP contribution in [0, 0.1) is 6.07 Å². The minimum atomic E-state index is 0. The Morgan fingerprint density at radius 1 is 0.913 bits per heavy atom. The molecule has 0 bridgehead atoms. The van der Waals surface area contributed by atoms with Gasteiger partial charge in [0, 0.05) is 33.3 Å². The molecule has 0 fully saturated rings. The molecule has 3 aromatic rings. The quantitative estimate of drug-likeness (QED) is 0.513. The minimum Gasteiger partial charge on any atom is -0.348 e. The van der Waals surface area contributed by atoms with Gasteiger partial charge in [-0.15, -0.1) is 6.07 Å². The van der Waals surface area contributed by atoms with Crippen molar-refractivity contribution in [3.63, 3.8) is 0 Å². The zero-order valence-electron chi connectivity index (χ0n) is 13.1. The molecule has 4 heteroatoms. The molecule has 0 saturated carbocycles. The SMILES string of the molecule is CC(C)N(c1[c-]cccc1)c1cccc(-c2ccccn2)n1.[Pt]. The summed E-state index contributed by atoms with van der Waals surface area (Å²) in [4.78, 5) is 11.3. The van der Waals surface area contributed by atoms with Gasteiger partial charge in [0.1, 0.15) is 5.82 Å². The molecule has 0 spiro atoms. The Morgan fingerprint density at radius 2 is 1.70 bits per heavy atom. The van der Waals surface area contributed by atoms with Crippen LogP contribution in [0.25, 0.3) is 11.4 Å². The van der Waals surface area contributed by atoms with E-state index < -0.39 is 0 Å². The van der Waals surface area contributed by atoms with Crippen LogP contribution in [0.1, 0.15) is 13.8 Å². The van der Waals surface area contributed by atoms with Crippen molar-refractivity contribution in [2.45, 2.75) is 19.9 Å². The van der Waals surface area contributed by atoms with Crippen LogP contribution in [0.15, 0.2) is 66.9 Å². The van der Waals surface area contributed by atoms with Crippen molar-refractivity contribution in [1.29, 1.82) is 0 Å². The van der Waals surface area contributed by atoms with Gasteiger partial charge in [-0.1, -0.05) is 17.8 Å². The van der Waals surface area contributed by atoms with Crippen molar-refractivity contribution < 1.29 is 21.1 Å². The van der Waals surface area contributed by atoms with E-state index in [1.807, 2.05) is 54.6 Å². The molecule has 0 aliphatic heterocycles. The van der Waals surface area contributed by atoms with E-state index in [2.05, 4.69) is 35.9 Å². The predicted octanol–water partition coefficient (Wildman–Crippen LogP) is 4.49. The zero-order chi connectivity index (χ0) is 15.4. The molecule has 0 aliphatic rings. The van der Waals surface area contributed by atoms with Gasteiger partial charge in [0.15, 0.2) is 0 Å². The van der Waals surface area contributed by atoms with Crippen LogP contribution in [-0.2, 0) is 21.1 Å². The van der Waals surface area contributed by atoms with Crippen LogP contribution in [0.5, 0.6) is 0 Å². The van der Waals surface area contributed by atoms with Crippen LogP contribution in [0.4, 0.5) is 11.5 Å². The van der Waals surface area contributed by atoms with Crippen LogP contribution in [0.3, 0.4) is 0 Å². The number of benzene rings is 1. The Kier molecular flexibility index (Phi) is 6.06. The summed E-state index contributed by atoms with van der Waals surface area (Å²) in [6.07, 6.45) is 1.79. The van der Waals surface area contributed by atoms with Crippen molar-refractivity contribution in [2.75, 3.05) is 4.90 Å². The number of rotatable bonds is 4. The molecule has 0 radical (unpaired) electrons. The standard InChI is InChI=1S/C19H18N3.Pt/c1-15(2)22(16-9-4-3-5-10-16)19-13-8-12-18(21-19)17-11-6-7-14-20-17;/h3-9,11-15H,1-2H3;/q-1;. The first kappa shape index (κ1) is 17.4. The molecule has 0 saturated heterocycles. The molecule has 23 heavy (non-hydrogen) atoms. The third kappa shape index (κ3) is 4.05. The number of hydrogen-bond acceptors (Lipinski definition) is 3. The summed E-state index contributed by atoms with van der Waals surface area (Å²) >= 11 is 0. The molecule has 3 nitrogen and oxygen atoms in total. The van der Waals surface area contributed by atoms with Crippen LogP contribution in [0.2, 0.25) is 0 Å². The summed E-state index contributed by atoms with van der Waals surface area (Å²) in [6.45, 7) is 4.30. The van der Waals surface area contributed by atoms with E-state index in [0.29, 0.717) is 0 Å². The van der Waals surface area contributed by atoms with Gasteiger partial charge >= 0.3 is 0 Å². The van der Waals surface area contributed by atoms with E-state index in [0.717, 1.165) is 22.9 Å². The first-order chi connectivity index (χ1) is 10.8. The molecule has 0 atom stereocenters. The van der Waals surface area contributed by atoms with Crippen molar-refractivity contribution in [1.82, 2.24) is 9.97 Å². The van der Waals surface area contributed by atoms with Crippen molar-refractivity contribution in [3.05, 3.63) is 72.9 Å². The van der Waals surface area contributed by atoms with E-state index in [1.165, 1.54) is 0 Å². The second-order valence-corrected chi connectivity index (χ2v) is 5.31. The first-order valence-electron chi connectivity index (χ1n) is 7.40. The fourth-order valence-electron chi connectivity index (χ4n) is 2.41. The Morgan fingerprint density at radius 3 is 2.35 bits per heavy atom. The van der Waals surface area contributed by atoms with E-state index in [4.69, 9.17) is 4.98 Å². The third-order valence-electron chi connectivity index (χ3n) is 3.38. The van der Waals surface area contributed by atoms with Gasteiger partial charge in [-0.3, -0.25) is 4.98 Å². The summed E-state index contributed by atoms with van der Waals surface area (Å²) < 4.78 is 0. The molecule has 0 N–H and O–H groups in total. The van der Waals surface area contributed by atoms with Crippen LogP contribution in [-0.4, -0.2) is 16.0 Å². The summed E-state index contributed by atoms with van der Waals surface area (Å²) in [5.41, 5.74) is 2.77. The second kappa shape index (κ2) is 8.03. The van der Waals surface area contributed by atoms with Gasteiger partial charge in [0.05, 0.1) is 11.4 Å². The van der Waals surface area contributed by atoms with Gasteiger partial charge in [0.25, 0.3) is 0 Å². The summed E-state index contributed by atoms with van der Waals surface area (Å²) in [7, 11) is 0. The molecule has 1 aromatic carbocycles. The number of para-hydroxylation sites is 1. The van der Waals surface area contributed by atoms with Crippen molar-refractivity contribution in [2.24, 2.45) is 0 Å². The molecular weight excluding hydrogens is 465 g/mol. The van der Waals surface area contributed by atoms with Crippen molar-refractivity contribution in [3.8, 4) is 11.4 Å². The predicted molar refractivity (Wildman–Crippen MR) is 90.0 cm³/mol. The van der Waals surface area contributed by atoms with E-state index >= 15 is 0 Å². The Hall–Kier alpha value is -1.99. The van der Waals surface area contributed by atoms with Gasteiger partial charge in [-0.05, 0) is 38.1 Å². The molecule has 0 unspecified atom stereocenters. The average molecular weight is 483 g/mol. The van der Waals surface area contributed by atoms with Gasteiger partial charge < -0.3 is 4.90 Å².